The van der Waals surface area contributed by atoms with Gasteiger partial charge in [-0.3, -0.25) is 0 Å². The lowest BCUT2D eigenvalue weighted by molar-refractivity contribution is 0.609. The van der Waals surface area contributed by atoms with Gasteiger partial charge in [-0.15, -0.1) is 11.3 Å². The summed E-state index contributed by atoms with van der Waals surface area (Å²) in [6, 6.07) is 1.80. The van der Waals surface area contributed by atoms with Crippen molar-refractivity contribution in [2.24, 2.45) is 0 Å². The molecule has 1 aromatic heterocycles. The van der Waals surface area contributed by atoms with E-state index in [1.807, 2.05) is 13.8 Å². The Kier molecular flexibility index (Phi) is 3.43. The Balaban J connectivity index is 3.37. The largest absolute Gasteiger partial charge is 0.271 e. The van der Waals surface area contributed by atoms with E-state index < -0.39 is 9.05 Å². The molecule has 0 aliphatic heterocycles. The molecule has 13 heavy (non-hydrogen) atoms. The highest BCUT2D eigenvalue weighted by atomic mass is 79.9. The Hall–Kier alpha value is 0.420. The maximum atomic E-state index is 11.1. The average Bonchev–Trinajstić information content (AvgIpc) is 2.29. The molecule has 0 unspecified atom stereocenters. The number of rotatable bonds is 2. The van der Waals surface area contributed by atoms with E-state index in [1.165, 1.54) is 0 Å². The van der Waals surface area contributed by atoms with Crippen molar-refractivity contribution in [3.63, 3.8) is 0 Å². The first-order valence-corrected chi connectivity index (χ1v) is 7.48. The van der Waals surface area contributed by atoms with Crippen LogP contribution < -0.4 is 0 Å². The van der Waals surface area contributed by atoms with Crippen molar-refractivity contribution in [3.8, 4) is 0 Å². The van der Waals surface area contributed by atoms with Crippen LogP contribution in [0.5, 0.6) is 0 Å². The Morgan fingerprint density at radius 2 is 2.08 bits per heavy atom. The van der Waals surface area contributed by atoms with Crippen molar-refractivity contribution in [3.05, 3.63) is 15.4 Å². The lowest BCUT2D eigenvalue weighted by atomic mass is 10.1. The smallest absolute Gasteiger partial charge is 0.206 e. The zero-order valence-corrected chi connectivity index (χ0v) is 11.0. The summed E-state index contributed by atoms with van der Waals surface area (Å²) in [7, 11) is 1.69. The maximum Gasteiger partial charge on any atom is 0.271 e. The van der Waals surface area contributed by atoms with Gasteiger partial charge in [0, 0.05) is 10.7 Å². The van der Waals surface area contributed by atoms with Gasteiger partial charge in [0.1, 0.15) is 4.21 Å². The molecule has 0 amide bonds. The van der Waals surface area contributed by atoms with Gasteiger partial charge in [-0.05, 0) is 33.5 Å². The quantitative estimate of drug-likeness (QED) is 0.783. The van der Waals surface area contributed by atoms with Gasteiger partial charge in [0.05, 0.1) is 3.79 Å². The normalized spacial score (nSPS) is 12.4. The van der Waals surface area contributed by atoms with E-state index in [1.54, 1.807) is 6.07 Å². The van der Waals surface area contributed by atoms with E-state index in [4.69, 9.17) is 10.7 Å². The summed E-state index contributed by atoms with van der Waals surface area (Å²) >= 11 is 4.39. The zero-order valence-electron chi connectivity index (χ0n) is 7.04. The molecule has 0 atom stereocenters. The van der Waals surface area contributed by atoms with Gasteiger partial charge in [-0.2, -0.15) is 0 Å². The average molecular weight is 304 g/mol. The molecule has 0 spiro atoms. The summed E-state index contributed by atoms with van der Waals surface area (Å²) in [5.41, 5.74) is 0.770. The topological polar surface area (TPSA) is 34.1 Å². The monoisotopic (exact) mass is 302 g/mol. The standard InChI is InChI=1S/C7H8BrClO2S2/c1-4(2)5-3-6(8)12-7(5)13(9,10)11/h3-4H,1-2H3. The molecular formula is C7H8BrClO2S2. The summed E-state index contributed by atoms with van der Waals surface area (Å²) in [5.74, 6) is 0.158. The Morgan fingerprint density at radius 1 is 1.54 bits per heavy atom. The van der Waals surface area contributed by atoms with Crippen LogP contribution in [0.4, 0.5) is 0 Å². The molecule has 0 aliphatic rings. The molecule has 0 radical (unpaired) electrons. The molecule has 0 saturated carbocycles. The number of hydrogen-bond donors (Lipinski definition) is 0. The van der Waals surface area contributed by atoms with Crippen LogP contribution in [-0.4, -0.2) is 8.42 Å². The predicted molar refractivity (Wildman–Crippen MR) is 59.1 cm³/mol. The van der Waals surface area contributed by atoms with E-state index in [9.17, 15) is 8.42 Å². The number of thiophene rings is 1. The zero-order chi connectivity index (χ0) is 10.2. The van der Waals surface area contributed by atoms with Crippen LogP contribution in [0.3, 0.4) is 0 Å². The molecule has 2 nitrogen and oxygen atoms in total. The summed E-state index contributed by atoms with van der Waals surface area (Å²) in [4.78, 5) is 0. The molecule has 1 aromatic rings. The van der Waals surface area contributed by atoms with Crippen LogP contribution >= 0.6 is 37.9 Å². The fraction of sp³-hybridized carbons (Fsp3) is 0.429. The summed E-state index contributed by atoms with van der Waals surface area (Å²) in [6.45, 7) is 3.86. The third kappa shape index (κ3) is 2.68. The maximum absolute atomic E-state index is 11.1. The second-order valence-electron chi connectivity index (χ2n) is 2.89. The van der Waals surface area contributed by atoms with Crippen molar-refractivity contribution in [2.75, 3.05) is 0 Å². The third-order valence-electron chi connectivity index (χ3n) is 1.54. The highest BCUT2D eigenvalue weighted by Crippen LogP contribution is 2.36. The van der Waals surface area contributed by atoms with Crippen molar-refractivity contribution < 1.29 is 8.42 Å². The van der Waals surface area contributed by atoms with E-state index in [2.05, 4.69) is 15.9 Å². The molecule has 1 rings (SSSR count). The van der Waals surface area contributed by atoms with Crippen molar-refractivity contribution >= 4 is 47.0 Å². The van der Waals surface area contributed by atoms with Crippen molar-refractivity contribution in [2.45, 2.75) is 24.0 Å². The molecular weight excluding hydrogens is 296 g/mol. The number of hydrogen-bond acceptors (Lipinski definition) is 3. The molecule has 0 saturated heterocycles. The summed E-state index contributed by atoms with van der Waals surface area (Å²) < 4.78 is 23.3. The van der Waals surface area contributed by atoms with Crippen LogP contribution in [0.1, 0.15) is 25.3 Å². The minimum Gasteiger partial charge on any atom is -0.206 e. The third-order valence-corrected chi connectivity index (χ3v) is 5.31. The summed E-state index contributed by atoms with van der Waals surface area (Å²) in [6.07, 6.45) is 0. The highest BCUT2D eigenvalue weighted by Gasteiger charge is 2.20. The lowest BCUT2D eigenvalue weighted by Gasteiger charge is -2.02. The van der Waals surface area contributed by atoms with Crippen LogP contribution in [-0.2, 0) is 9.05 Å². The fourth-order valence-corrected chi connectivity index (χ4v) is 4.57. The highest BCUT2D eigenvalue weighted by molar-refractivity contribution is 9.11. The van der Waals surface area contributed by atoms with Gasteiger partial charge in [0.2, 0.25) is 0 Å². The van der Waals surface area contributed by atoms with Crippen LogP contribution in [0, 0.1) is 0 Å². The van der Waals surface area contributed by atoms with Crippen molar-refractivity contribution in [1.29, 1.82) is 0 Å². The predicted octanol–water partition coefficient (Wildman–Crippen LogP) is 3.56. The Morgan fingerprint density at radius 3 is 2.38 bits per heavy atom. The molecule has 74 valence electrons. The van der Waals surface area contributed by atoms with E-state index in [-0.39, 0.29) is 10.1 Å². The second-order valence-corrected chi connectivity index (χ2v) is 8.08. The number of halogens is 2. The molecule has 0 bridgehead atoms. The van der Waals surface area contributed by atoms with Gasteiger partial charge in [-0.25, -0.2) is 8.42 Å². The Bertz CT molecular complexity index is 408. The molecule has 0 aliphatic carbocycles. The Labute approximate surface area is 94.5 Å². The van der Waals surface area contributed by atoms with Crippen LogP contribution in [0.25, 0.3) is 0 Å². The SMILES string of the molecule is CC(C)c1cc(Br)sc1S(=O)(=O)Cl. The molecule has 0 fully saturated rings. The first-order chi connectivity index (χ1) is 5.82. The first-order valence-electron chi connectivity index (χ1n) is 3.56. The van der Waals surface area contributed by atoms with Gasteiger partial charge in [-0.1, -0.05) is 13.8 Å². The van der Waals surface area contributed by atoms with Gasteiger partial charge < -0.3 is 0 Å². The van der Waals surface area contributed by atoms with E-state index >= 15 is 0 Å². The van der Waals surface area contributed by atoms with E-state index in [0.717, 1.165) is 20.7 Å². The summed E-state index contributed by atoms with van der Waals surface area (Å²) in [5, 5.41) is 0. The lowest BCUT2D eigenvalue weighted by Crippen LogP contribution is -1.94. The van der Waals surface area contributed by atoms with Crippen LogP contribution in [0.2, 0.25) is 0 Å². The van der Waals surface area contributed by atoms with Gasteiger partial charge in [0.25, 0.3) is 9.05 Å². The minimum absolute atomic E-state index is 0.158. The van der Waals surface area contributed by atoms with Gasteiger partial charge >= 0.3 is 0 Å². The minimum atomic E-state index is -3.60. The first kappa shape index (κ1) is 11.5. The van der Waals surface area contributed by atoms with Crippen LogP contribution in [0.15, 0.2) is 14.1 Å². The van der Waals surface area contributed by atoms with Gasteiger partial charge in [0.15, 0.2) is 0 Å². The van der Waals surface area contributed by atoms with E-state index in [0.29, 0.717) is 0 Å². The second kappa shape index (κ2) is 3.88. The fourth-order valence-electron chi connectivity index (χ4n) is 0.951. The van der Waals surface area contributed by atoms with Crippen molar-refractivity contribution in [1.82, 2.24) is 0 Å². The molecule has 0 aromatic carbocycles. The molecule has 1 heterocycles. The molecule has 0 N–H and O–H groups in total. The molecule has 6 heteroatoms.